The van der Waals surface area contributed by atoms with Crippen LogP contribution in [0.25, 0.3) is 0 Å². The lowest BCUT2D eigenvalue weighted by Gasteiger charge is -2.33. The van der Waals surface area contributed by atoms with Crippen LogP contribution >= 0.6 is 15.9 Å². The van der Waals surface area contributed by atoms with Crippen LogP contribution in [0, 0.1) is 0 Å². The largest absolute Gasteiger partial charge is 0.466 e. The van der Waals surface area contributed by atoms with Crippen LogP contribution in [-0.2, 0) is 20.9 Å². The summed E-state index contributed by atoms with van der Waals surface area (Å²) >= 11 is 3.43. The van der Waals surface area contributed by atoms with Crippen molar-refractivity contribution in [1.82, 2.24) is 10.2 Å². The van der Waals surface area contributed by atoms with E-state index in [9.17, 15) is 9.59 Å². The molecule has 1 unspecified atom stereocenters. The second-order valence-electron chi connectivity index (χ2n) is 4.91. The lowest BCUT2D eigenvalue weighted by atomic mass is 10.1. The Kier molecular flexibility index (Phi) is 5.76. The molecule has 1 N–H and O–H groups in total. The first kappa shape index (κ1) is 16.0. The first-order chi connectivity index (χ1) is 10.1. The minimum Gasteiger partial charge on any atom is -0.466 e. The number of hydrogen-bond acceptors (Lipinski definition) is 4. The standard InChI is InChI=1S/C15H19BrN2O3/c1-2-21-14(19)9-13-15(20)18(7-6-17-13)10-11-4-3-5-12(16)8-11/h3-5,8,13,17H,2,6-7,9-10H2,1H3. The summed E-state index contributed by atoms with van der Waals surface area (Å²) in [6.07, 6.45) is 0.0850. The average molecular weight is 355 g/mol. The number of benzene rings is 1. The number of piperazine rings is 1. The number of nitrogens with one attached hydrogen (secondary N) is 1. The molecule has 0 radical (unpaired) electrons. The first-order valence-electron chi connectivity index (χ1n) is 7.02. The maximum absolute atomic E-state index is 12.4. The van der Waals surface area contributed by atoms with Gasteiger partial charge in [-0.2, -0.15) is 0 Å². The number of ether oxygens (including phenoxy) is 1. The fourth-order valence-electron chi connectivity index (χ4n) is 2.35. The van der Waals surface area contributed by atoms with Gasteiger partial charge in [-0.1, -0.05) is 28.1 Å². The van der Waals surface area contributed by atoms with Gasteiger partial charge in [-0.3, -0.25) is 9.59 Å². The predicted molar refractivity (Wildman–Crippen MR) is 82.6 cm³/mol. The molecule has 21 heavy (non-hydrogen) atoms. The minimum absolute atomic E-state index is 0.0470. The SMILES string of the molecule is CCOC(=O)CC1NCCN(Cc2cccc(Br)c2)C1=O. The van der Waals surface area contributed by atoms with E-state index in [2.05, 4.69) is 21.2 Å². The van der Waals surface area contributed by atoms with E-state index in [0.717, 1.165) is 10.0 Å². The predicted octanol–water partition coefficient (Wildman–Crippen LogP) is 1.70. The highest BCUT2D eigenvalue weighted by Gasteiger charge is 2.30. The number of nitrogens with zero attached hydrogens (tertiary/aromatic N) is 1. The molecule has 1 heterocycles. The normalized spacial score (nSPS) is 18.7. The molecule has 6 heteroatoms. The van der Waals surface area contributed by atoms with Crippen LogP contribution in [0.15, 0.2) is 28.7 Å². The van der Waals surface area contributed by atoms with E-state index in [4.69, 9.17) is 4.74 Å². The van der Waals surface area contributed by atoms with Gasteiger partial charge in [0.25, 0.3) is 0 Å². The van der Waals surface area contributed by atoms with E-state index in [1.165, 1.54) is 0 Å². The lowest BCUT2D eigenvalue weighted by Crippen LogP contribution is -2.55. The topological polar surface area (TPSA) is 58.6 Å². The maximum Gasteiger partial charge on any atom is 0.307 e. The smallest absolute Gasteiger partial charge is 0.307 e. The molecule has 1 saturated heterocycles. The highest BCUT2D eigenvalue weighted by atomic mass is 79.9. The van der Waals surface area contributed by atoms with Crippen molar-refractivity contribution in [2.24, 2.45) is 0 Å². The molecule has 114 valence electrons. The number of hydrogen-bond donors (Lipinski definition) is 1. The van der Waals surface area contributed by atoms with E-state index in [1.54, 1.807) is 11.8 Å². The second kappa shape index (κ2) is 7.56. The van der Waals surface area contributed by atoms with Gasteiger partial charge in [0.05, 0.1) is 19.1 Å². The highest BCUT2D eigenvalue weighted by molar-refractivity contribution is 9.10. The van der Waals surface area contributed by atoms with Crippen molar-refractivity contribution in [3.05, 3.63) is 34.3 Å². The molecular weight excluding hydrogens is 336 g/mol. The highest BCUT2D eigenvalue weighted by Crippen LogP contribution is 2.15. The summed E-state index contributed by atoms with van der Waals surface area (Å²) in [5.41, 5.74) is 1.06. The molecule has 0 aromatic heterocycles. The van der Waals surface area contributed by atoms with Crippen LogP contribution in [0.1, 0.15) is 18.9 Å². The van der Waals surface area contributed by atoms with Crippen LogP contribution < -0.4 is 5.32 Å². The average Bonchev–Trinajstić information content (AvgIpc) is 2.44. The summed E-state index contributed by atoms with van der Waals surface area (Å²) in [4.78, 5) is 25.7. The van der Waals surface area contributed by atoms with Crippen molar-refractivity contribution in [3.8, 4) is 0 Å². The number of carbonyl (C=O) groups excluding carboxylic acids is 2. The van der Waals surface area contributed by atoms with Crippen molar-refractivity contribution < 1.29 is 14.3 Å². The van der Waals surface area contributed by atoms with E-state index < -0.39 is 6.04 Å². The molecule has 0 spiro atoms. The van der Waals surface area contributed by atoms with Crippen LogP contribution in [0.2, 0.25) is 0 Å². The Balaban J connectivity index is 1.97. The Morgan fingerprint density at radius 3 is 3.05 bits per heavy atom. The Labute approximate surface area is 132 Å². The summed E-state index contributed by atoms with van der Waals surface area (Å²) in [5, 5.41) is 3.08. The fourth-order valence-corrected chi connectivity index (χ4v) is 2.80. The summed E-state index contributed by atoms with van der Waals surface area (Å²) < 4.78 is 5.90. The summed E-state index contributed by atoms with van der Waals surface area (Å²) in [7, 11) is 0. The van der Waals surface area contributed by atoms with Crippen LogP contribution in [0.3, 0.4) is 0 Å². The number of rotatable bonds is 5. The quantitative estimate of drug-likeness (QED) is 0.817. The molecule has 0 bridgehead atoms. The lowest BCUT2D eigenvalue weighted by molar-refractivity contribution is -0.148. The molecule has 0 aliphatic carbocycles. The zero-order valence-electron chi connectivity index (χ0n) is 12.0. The number of esters is 1. The summed E-state index contributed by atoms with van der Waals surface area (Å²) in [6.45, 7) is 3.98. The molecule has 1 atom stereocenters. The maximum atomic E-state index is 12.4. The Morgan fingerprint density at radius 1 is 1.52 bits per heavy atom. The molecule has 1 aliphatic heterocycles. The summed E-state index contributed by atoms with van der Waals surface area (Å²) in [6, 6.07) is 7.40. The van der Waals surface area contributed by atoms with Gasteiger partial charge in [-0.15, -0.1) is 0 Å². The first-order valence-corrected chi connectivity index (χ1v) is 7.81. The van der Waals surface area contributed by atoms with Crippen molar-refractivity contribution in [1.29, 1.82) is 0 Å². The third-order valence-corrected chi connectivity index (χ3v) is 3.81. The molecule has 2 rings (SSSR count). The van der Waals surface area contributed by atoms with E-state index in [-0.39, 0.29) is 18.3 Å². The van der Waals surface area contributed by atoms with Gasteiger partial charge in [-0.05, 0) is 24.6 Å². The fraction of sp³-hybridized carbons (Fsp3) is 0.467. The van der Waals surface area contributed by atoms with Gasteiger partial charge in [0.1, 0.15) is 0 Å². The van der Waals surface area contributed by atoms with Gasteiger partial charge in [0.15, 0.2) is 0 Å². The number of carbonyl (C=O) groups is 2. The van der Waals surface area contributed by atoms with E-state index in [0.29, 0.717) is 26.2 Å². The van der Waals surface area contributed by atoms with Crippen molar-refractivity contribution in [2.75, 3.05) is 19.7 Å². The summed E-state index contributed by atoms with van der Waals surface area (Å²) in [5.74, 6) is -0.387. The van der Waals surface area contributed by atoms with Gasteiger partial charge in [0.2, 0.25) is 5.91 Å². The van der Waals surface area contributed by atoms with Gasteiger partial charge >= 0.3 is 5.97 Å². The van der Waals surface area contributed by atoms with Crippen molar-refractivity contribution in [2.45, 2.75) is 25.9 Å². The molecule has 1 aromatic rings. The van der Waals surface area contributed by atoms with E-state index in [1.807, 2.05) is 24.3 Å². The Hall–Kier alpha value is -1.40. The van der Waals surface area contributed by atoms with Gasteiger partial charge < -0.3 is 15.0 Å². The third-order valence-electron chi connectivity index (χ3n) is 3.32. The minimum atomic E-state index is -0.482. The van der Waals surface area contributed by atoms with E-state index >= 15 is 0 Å². The van der Waals surface area contributed by atoms with Gasteiger partial charge in [-0.25, -0.2) is 0 Å². The molecular formula is C15H19BrN2O3. The van der Waals surface area contributed by atoms with Crippen molar-refractivity contribution in [3.63, 3.8) is 0 Å². The molecule has 1 fully saturated rings. The molecule has 1 amide bonds. The monoisotopic (exact) mass is 354 g/mol. The Bertz CT molecular complexity index is 521. The second-order valence-corrected chi connectivity index (χ2v) is 5.82. The van der Waals surface area contributed by atoms with Crippen LogP contribution in [0.5, 0.6) is 0 Å². The number of amides is 1. The third kappa shape index (κ3) is 4.54. The molecule has 1 aliphatic rings. The molecule has 1 aromatic carbocycles. The Morgan fingerprint density at radius 2 is 2.33 bits per heavy atom. The van der Waals surface area contributed by atoms with Crippen LogP contribution in [-0.4, -0.2) is 42.5 Å². The zero-order valence-corrected chi connectivity index (χ0v) is 13.6. The zero-order chi connectivity index (χ0) is 15.2. The van der Waals surface area contributed by atoms with Crippen LogP contribution in [0.4, 0.5) is 0 Å². The molecule has 5 nitrogen and oxygen atoms in total. The molecule has 0 saturated carbocycles. The van der Waals surface area contributed by atoms with Gasteiger partial charge in [0, 0.05) is 24.1 Å². The number of halogens is 1. The van der Waals surface area contributed by atoms with Crippen molar-refractivity contribution >= 4 is 27.8 Å².